The van der Waals surface area contributed by atoms with E-state index in [4.69, 9.17) is 9.15 Å². The van der Waals surface area contributed by atoms with Crippen LogP contribution in [0.5, 0.6) is 5.75 Å². The van der Waals surface area contributed by atoms with E-state index in [1.807, 2.05) is 66.7 Å². The molecule has 1 aliphatic heterocycles. The Hall–Kier alpha value is -2.77. The fraction of sp³-hybridized carbons (Fsp3) is 0.0909. The molecule has 7 heteroatoms. The number of para-hydroxylation sites is 1. The number of carbonyl (C=O) groups is 1. The summed E-state index contributed by atoms with van der Waals surface area (Å²) < 4.78 is 11.5. The van der Waals surface area contributed by atoms with Crippen LogP contribution in [0.25, 0.3) is 6.08 Å². The molecule has 0 atom stereocenters. The predicted molar refractivity (Wildman–Crippen MR) is 119 cm³/mol. The molecule has 5 nitrogen and oxygen atoms in total. The number of halogens is 1. The smallest absolute Gasteiger partial charge is 0.267 e. The summed E-state index contributed by atoms with van der Waals surface area (Å²) in [6.07, 6.45) is 3.46. The number of nitrogens with zero attached hydrogens (tertiary/aromatic N) is 2. The number of benzene rings is 2. The largest absolute Gasteiger partial charge is 0.496 e. The minimum absolute atomic E-state index is 0.104. The SMILES string of the molecule is COc1ccc(/C=C2\SC(=Nc3ccccc3)N(Cc3ccco3)C2=O)cc1Br. The van der Waals surface area contributed by atoms with Gasteiger partial charge in [-0.1, -0.05) is 24.3 Å². The van der Waals surface area contributed by atoms with Crippen molar-refractivity contribution in [3.8, 4) is 5.75 Å². The van der Waals surface area contributed by atoms with Gasteiger partial charge < -0.3 is 9.15 Å². The topological polar surface area (TPSA) is 55.0 Å². The van der Waals surface area contributed by atoms with Crippen LogP contribution in [0.15, 0.2) is 85.7 Å². The number of amides is 1. The zero-order chi connectivity index (χ0) is 20.2. The molecule has 0 unspecified atom stereocenters. The summed E-state index contributed by atoms with van der Waals surface area (Å²) in [4.78, 5) is 20.0. The summed E-state index contributed by atoms with van der Waals surface area (Å²) in [6, 6.07) is 18.9. The van der Waals surface area contributed by atoms with Crippen molar-refractivity contribution in [3.63, 3.8) is 0 Å². The van der Waals surface area contributed by atoms with E-state index < -0.39 is 0 Å². The minimum atomic E-state index is -0.104. The Labute approximate surface area is 181 Å². The van der Waals surface area contributed by atoms with Crippen molar-refractivity contribution in [2.24, 2.45) is 4.99 Å². The molecular weight excluding hydrogens is 452 g/mol. The standard InChI is InChI=1S/C22H17BrN2O3S/c1-27-19-10-9-15(12-18(19)23)13-20-21(26)25(14-17-8-5-11-28-17)22(29-20)24-16-6-3-2-4-7-16/h2-13H,14H2,1H3/b20-13-,24-22?. The maximum atomic E-state index is 13.1. The van der Waals surface area contributed by atoms with Crippen molar-refractivity contribution in [1.29, 1.82) is 0 Å². The molecule has 0 aliphatic carbocycles. The van der Waals surface area contributed by atoms with Gasteiger partial charge in [-0.3, -0.25) is 9.69 Å². The lowest BCUT2D eigenvalue weighted by Gasteiger charge is -2.13. The fourth-order valence-electron chi connectivity index (χ4n) is 2.83. The fourth-order valence-corrected chi connectivity index (χ4v) is 4.38. The predicted octanol–water partition coefficient (Wildman–Crippen LogP) is 5.85. The van der Waals surface area contributed by atoms with Gasteiger partial charge in [-0.25, -0.2) is 4.99 Å². The molecule has 0 radical (unpaired) electrons. The summed E-state index contributed by atoms with van der Waals surface area (Å²) in [5, 5.41) is 0.622. The molecule has 1 aromatic heterocycles. The molecule has 146 valence electrons. The highest BCUT2D eigenvalue weighted by atomic mass is 79.9. The van der Waals surface area contributed by atoms with Crippen LogP contribution in [-0.2, 0) is 11.3 Å². The van der Waals surface area contributed by atoms with Gasteiger partial charge in [0.2, 0.25) is 0 Å². The van der Waals surface area contributed by atoms with E-state index in [-0.39, 0.29) is 5.91 Å². The van der Waals surface area contributed by atoms with Crippen LogP contribution in [0.1, 0.15) is 11.3 Å². The maximum Gasteiger partial charge on any atom is 0.267 e. The first-order valence-corrected chi connectivity index (χ1v) is 10.5. The number of thioether (sulfide) groups is 1. The number of aliphatic imine (C=N–C) groups is 1. The van der Waals surface area contributed by atoms with Crippen LogP contribution in [0.3, 0.4) is 0 Å². The van der Waals surface area contributed by atoms with Crippen molar-refractivity contribution >= 4 is 50.5 Å². The van der Waals surface area contributed by atoms with Crippen LogP contribution in [0.2, 0.25) is 0 Å². The van der Waals surface area contributed by atoms with Crippen LogP contribution < -0.4 is 4.74 Å². The average Bonchev–Trinajstić information content (AvgIpc) is 3.33. The van der Waals surface area contributed by atoms with Gasteiger partial charge >= 0.3 is 0 Å². The van der Waals surface area contributed by atoms with Gasteiger partial charge in [0.1, 0.15) is 11.5 Å². The van der Waals surface area contributed by atoms with Gasteiger partial charge in [0.05, 0.1) is 35.0 Å². The van der Waals surface area contributed by atoms with Crippen LogP contribution in [-0.4, -0.2) is 23.1 Å². The van der Waals surface area contributed by atoms with Crippen molar-refractivity contribution in [2.45, 2.75) is 6.54 Å². The second-order valence-corrected chi connectivity index (χ2v) is 8.07. The molecule has 4 rings (SSSR count). The van der Waals surface area contributed by atoms with Crippen molar-refractivity contribution < 1.29 is 13.9 Å². The number of furan rings is 1. The molecule has 2 aromatic carbocycles. The normalized spacial score (nSPS) is 16.8. The van der Waals surface area contributed by atoms with Gasteiger partial charge in [-0.15, -0.1) is 0 Å². The third-order valence-electron chi connectivity index (χ3n) is 4.24. The number of methoxy groups -OCH3 is 1. The molecule has 2 heterocycles. The molecule has 0 spiro atoms. The summed E-state index contributed by atoms with van der Waals surface area (Å²) in [7, 11) is 1.62. The Balaban J connectivity index is 1.68. The van der Waals surface area contributed by atoms with E-state index in [1.165, 1.54) is 11.8 Å². The molecular formula is C22H17BrN2O3S. The first-order valence-electron chi connectivity index (χ1n) is 8.85. The first-order chi connectivity index (χ1) is 14.1. The lowest BCUT2D eigenvalue weighted by molar-refractivity contribution is -0.122. The molecule has 29 heavy (non-hydrogen) atoms. The number of hydrogen-bond donors (Lipinski definition) is 0. The van der Waals surface area contributed by atoms with Gasteiger partial charge in [-0.2, -0.15) is 0 Å². The maximum absolute atomic E-state index is 13.1. The van der Waals surface area contributed by atoms with Gasteiger partial charge in [0.25, 0.3) is 5.91 Å². The van der Waals surface area contributed by atoms with Crippen LogP contribution in [0, 0.1) is 0 Å². The van der Waals surface area contributed by atoms with Gasteiger partial charge in [0.15, 0.2) is 5.17 Å². The van der Waals surface area contributed by atoms with E-state index in [0.717, 1.165) is 21.5 Å². The number of hydrogen-bond acceptors (Lipinski definition) is 5. The number of ether oxygens (including phenoxy) is 1. The van der Waals surface area contributed by atoms with E-state index >= 15 is 0 Å². The zero-order valence-corrected chi connectivity index (χ0v) is 17.9. The van der Waals surface area contributed by atoms with Crippen LogP contribution >= 0.6 is 27.7 Å². The van der Waals surface area contributed by atoms with E-state index in [0.29, 0.717) is 22.4 Å². The Morgan fingerprint density at radius 3 is 2.69 bits per heavy atom. The number of carbonyl (C=O) groups excluding carboxylic acids is 1. The Morgan fingerprint density at radius 1 is 1.17 bits per heavy atom. The Kier molecular flexibility index (Phi) is 5.87. The van der Waals surface area contributed by atoms with E-state index in [9.17, 15) is 4.79 Å². The lowest BCUT2D eigenvalue weighted by atomic mass is 10.2. The highest BCUT2D eigenvalue weighted by Crippen LogP contribution is 2.36. The van der Waals surface area contributed by atoms with Crippen molar-refractivity contribution in [3.05, 3.63) is 87.6 Å². The second-order valence-electron chi connectivity index (χ2n) is 6.21. The molecule has 0 saturated carbocycles. The van der Waals surface area contributed by atoms with Crippen molar-refractivity contribution in [1.82, 2.24) is 4.90 Å². The van der Waals surface area contributed by atoms with Gasteiger partial charge in [0, 0.05) is 0 Å². The number of amidine groups is 1. The summed E-state index contributed by atoms with van der Waals surface area (Å²) >= 11 is 4.84. The average molecular weight is 469 g/mol. The van der Waals surface area contributed by atoms with Crippen molar-refractivity contribution in [2.75, 3.05) is 7.11 Å². The Bertz CT molecular complexity index is 1080. The lowest BCUT2D eigenvalue weighted by Crippen LogP contribution is -2.28. The molecule has 3 aromatic rings. The quantitative estimate of drug-likeness (QED) is 0.440. The zero-order valence-electron chi connectivity index (χ0n) is 15.5. The highest BCUT2D eigenvalue weighted by Gasteiger charge is 2.34. The second kappa shape index (κ2) is 8.71. The third-order valence-corrected chi connectivity index (χ3v) is 5.86. The van der Waals surface area contributed by atoms with Gasteiger partial charge in [-0.05, 0) is 75.7 Å². The molecule has 1 aliphatic rings. The Morgan fingerprint density at radius 2 is 2.00 bits per heavy atom. The highest BCUT2D eigenvalue weighted by molar-refractivity contribution is 9.10. The molecule has 1 amide bonds. The summed E-state index contributed by atoms with van der Waals surface area (Å²) in [5.74, 6) is 1.34. The monoisotopic (exact) mass is 468 g/mol. The minimum Gasteiger partial charge on any atom is -0.496 e. The molecule has 0 N–H and O–H groups in total. The summed E-state index contributed by atoms with van der Waals surface area (Å²) in [6.45, 7) is 0.328. The summed E-state index contributed by atoms with van der Waals surface area (Å²) in [5.41, 5.74) is 1.69. The third kappa shape index (κ3) is 4.46. The molecule has 0 bridgehead atoms. The first kappa shape index (κ1) is 19.5. The number of rotatable bonds is 5. The molecule has 1 saturated heterocycles. The van der Waals surface area contributed by atoms with Crippen LogP contribution in [0.4, 0.5) is 5.69 Å². The van der Waals surface area contributed by atoms with E-state index in [2.05, 4.69) is 20.9 Å². The molecule has 1 fully saturated rings. The van der Waals surface area contributed by atoms with E-state index in [1.54, 1.807) is 18.3 Å².